The molecule has 0 aliphatic heterocycles. The molecule has 0 N–H and O–H groups in total. The summed E-state index contributed by atoms with van der Waals surface area (Å²) in [4.78, 5) is 24.4. The molecule has 2 nitrogen and oxygen atoms in total. The number of fused-ring (bicyclic) bond motifs is 5. The predicted octanol–water partition coefficient (Wildman–Crippen LogP) is 4.50. The van der Waals surface area contributed by atoms with Gasteiger partial charge in [-0.1, -0.05) is 25.5 Å². The molecule has 0 bridgehead atoms. The number of allylic oxidation sites excluding steroid dienone is 2. The Balaban J connectivity index is 1.70. The molecule has 23 heavy (non-hydrogen) atoms. The van der Waals surface area contributed by atoms with Crippen molar-refractivity contribution in [2.75, 3.05) is 0 Å². The van der Waals surface area contributed by atoms with Gasteiger partial charge in [0.15, 0.2) is 5.78 Å². The molecule has 0 saturated heterocycles. The van der Waals surface area contributed by atoms with Crippen molar-refractivity contribution < 1.29 is 9.59 Å². The van der Waals surface area contributed by atoms with Crippen molar-refractivity contribution >= 4 is 11.6 Å². The molecule has 3 fully saturated rings. The topological polar surface area (TPSA) is 34.1 Å². The highest BCUT2D eigenvalue weighted by atomic mass is 16.1. The molecule has 0 unspecified atom stereocenters. The van der Waals surface area contributed by atoms with E-state index in [2.05, 4.69) is 20.4 Å². The third kappa shape index (κ3) is 1.93. The SMILES string of the molecule is C=C[C@H]1C(=O)C[C@H]2[C@@H]3CCC4=CC(=O)CC[C@]4(C)[C@H]3CC[C@]12C. The van der Waals surface area contributed by atoms with Crippen LogP contribution in [0.2, 0.25) is 0 Å². The van der Waals surface area contributed by atoms with Crippen molar-refractivity contribution in [2.45, 2.75) is 58.8 Å². The van der Waals surface area contributed by atoms with Gasteiger partial charge < -0.3 is 0 Å². The van der Waals surface area contributed by atoms with Crippen LogP contribution in [-0.2, 0) is 9.59 Å². The number of carbonyl (C=O) groups is 2. The smallest absolute Gasteiger partial charge is 0.155 e. The Morgan fingerprint density at radius 3 is 2.65 bits per heavy atom. The van der Waals surface area contributed by atoms with E-state index in [1.54, 1.807) is 0 Å². The molecule has 2 heteroatoms. The van der Waals surface area contributed by atoms with E-state index in [9.17, 15) is 9.59 Å². The van der Waals surface area contributed by atoms with Crippen LogP contribution >= 0.6 is 0 Å². The Kier molecular flexibility index (Phi) is 3.28. The Bertz CT molecular complexity index is 615. The van der Waals surface area contributed by atoms with Gasteiger partial charge in [0.25, 0.3) is 0 Å². The number of carbonyl (C=O) groups excluding carboxylic acids is 2. The summed E-state index contributed by atoms with van der Waals surface area (Å²) < 4.78 is 0. The highest BCUT2D eigenvalue weighted by Crippen LogP contribution is 2.65. The van der Waals surface area contributed by atoms with Crippen LogP contribution in [0.1, 0.15) is 58.8 Å². The number of rotatable bonds is 1. The van der Waals surface area contributed by atoms with Gasteiger partial charge in [0, 0.05) is 18.8 Å². The van der Waals surface area contributed by atoms with E-state index in [0.717, 1.165) is 32.1 Å². The number of hydrogen-bond donors (Lipinski definition) is 0. The van der Waals surface area contributed by atoms with Crippen molar-refractivity contribution in [1.29, 1.82) is 0 Å². The summed E-state index contributed by atoms with van der Waals surface area (Å²) in [5, 5.41) is 0. The first kappa shape index (κ1) is 15.4. The molecule has 0 spiro atoms. The molecular formula is C21H28O2. The summed E-state index contributed by atoms with van der Waals surface area (Å²) in [5.74, 6) is 2.62. The summed E-state index contributed by atoms with van der Waals surface area (Å²) in [7, 11) is 0. The normalized spacial score (nSPS) is 49.0. The van der Waals surface area contributed by atoms with E-state index in [0.29, 0.717) is 35.7 Å². The number of Topliss-reactive ketones (excluding diaryl/α,β-unsaturated/α-hetero) is 1. The highest BCUT2D eigenvalue weighted by molar-refractivity contribution is 5.91. The van der Waals surface area contributed by atoms with Gasteiger partial charge in [-0.15, -0.1) is 6.58 Å². The second kappa shape index (κ2) is 4.91. The quantitative estimate of drug-likeness (QED) is 0.668. The zero-order chi connectivity index (χ0) is 16.4. The summed E-state index contributed by atoms with van der Waals surface area (Å²) in [5.41, 5.74) is 1.73. The predicted molar refractivity (Wildman–Crippen MR) is 90.8 cm³/mol. The first-order valence-electron chi connectivity index (χ1n) is 9.29. The van der Waals surface area contributed by atoms with E-state index >= 15 is 0 Å². The molecule has 0 aromatic rings. The first-order chi connectivity index (χ1) is 10.9. The fourth-order valence-electron chi connectivity index (χ4n) is 6.79. The van der Waals surface area contributed by atoms with Gasteiger partial charge in [-0.2, -0.15) is 0 Å². The van der Waals surface area contributed by atoms with E-state index in [1.165, 1.54) is 12.0 Å². The van der Waals surface area contributed by atoms with Crippen LogP contribution in [0, 0.1) is 34.5 Å². The Morgan fingerprint density at radius 2 is 1.91 bits per heavy atom. The lowest BCUT2D eigenvalue weighted by molar-refractivity contribution is -0.121. The molecule has 0 radical (unpaired) electrons. The molecule has 6 atom stereocenters. The van der Waals surface area contributed by atoms with Crippen LogP contribution in [0.3, 0.4) is 0 Å². The first-order valence-corrected chi connectivity index (χ1v) is 9.29. The second-order valence-corrected chi connectivity index (χ2v) is 8.90. The molecular weight excluding hydrogens is 284 g/mol. The van der Waals surface area contributed by atoms with Crippen molar-refractivity contribution in [3.63, 3.8) is 0 Å². The van der Waals surface area contributed by atoms with Gasteiger partial charge in [-0.05, 0) is 66.8 Å². The molecule has 0 amide bonds. The lowest BCUT2D eigenvalue weighted by Crippen LogP contribution is -2.50. The van der Waals surface area contributed by atoms with E-state index in [-0.39, 0.29) is 16.7 Å². The van der Waals surface area contributed by atoms with Crippen molar-refractivity contribution in [3.05, 3.63) is 24.3 Å². The van der Waals surface area contributed by atoms with Crippen LogP contribution in [0.4, 0.5) is 0 Å². The van der Waals surface area contributed by atoms with Gasteiger partial charge in [0.1, 0.15) is 5.78 Å². The molecule has 0 aromatic carbocycles. The molecule has 0 heterocycles. The standard InChI is InChI=1S/C21H28O2/c1-4-16-19(23)12-18-15-6-5-13-11-14(22)7-9-20(13,2)17(15)8-10-21(16,18)3/h4,11,15-18H,1,5-10,12H2,2-3H3/t15-,16+,17+,18+,20+,21-/m1/s1. The van der Waals surface area contributed by atoms with E-state index < -0.39 is 0 Å². The summed E-state index contributed by atoms with van der Waals surface area (Å²) in [6, 6.07) is 0. The van der Waals surface area contributed by atoms with E-state index in [4.69, 9.17) is 0 Å². The lowest BCUT2D eigenvalue weighted by Gasteiger charge is -2.57. The molecule has 4 aliphatic rings. The minimum Gasteiger partial charge on any atom is -0.299 e. The van der Waals surface area contributed by atoms with Gasteiger partial charge in [0.05, 0.1) is 0 Å². The van der Waals surface area contributed by atoms with Gasteiger partial charge in [0.2, 0.25) is 0 Å². The largest absolute Gasteiger partial charge is 0.299 e. The van der Waals surface area contributed by atoms with Gasteiger partial charge in [-0.3, -0.25) is 9.59 Å². The third-order valence-corrected chi connectivity index (χ3v) is 8.11. The minimum absolute atomic E-state index is 0.0612. The Labute approximate surface area is 139 Å². The number of hydrogen-bond acceptors (Lipinski definition) is 2. The maximum absolute atomic E-state index is 12.5. The maximum Gasteiger partial charge on any atom is 0.155 e. The maximum atomic E-state index is 12.5. The monoisotopic (exact) mass is 312 g/mol. The third-order valence-electron chi connectivity index (χ3n) is 8.11. The molecule has 4 aliphatic carbocycles. The summed E-state index contributed by atoms with van der Waals surface area (Å²) >= 11 is 0. The van der Waals surface area contributed by atoms with Crippen LogP contribution in [0.15, 0.2) is 24.3 Å². The minimum atomic E-state index is 0.0612. The summed E-state index contributed by atoms with van der Waals surface area (Å²) in [6.07, 6.45) is 10.9. The van der Waals surface area contributed by atoms with Crippen molar-refractivity contribution in [2.24, 2.45) is 34.5 Å². The second-order valence-electron chi connectivity index (χ2n) is 8.90. The van der Waals surface area contributed by atoms with Gasteiger partial charge >= 0.3 is 0 Å². The van der Waals surface area contributed by atoms with Crippen LogP contribution in [-0.4, -0.2) is 11.6 Å². The highest BCUT2D eigenvalue weighted by Gasteiger charge is 2.60. The fraction of sp³-hybridized carbons (Fsp3) is 0.714. The average Bonchev–Trinajstić information content (AvgIpc) is 2.77. The van der Waals surface area contributed by atoms with Crippen LogP contribution in [0.25, 0.3) is 0 Å². The van der Waals surface area contributed by atoms with Crippen LogP contribution in [0.5, 0.6) is 0 Å². The zero-order valence-electron chi connectivity index (χ0n) is 14.4. The summed E-state index contributed by atoms with van der Waals surface area (Å²) in [6.45, 7) is 8.69. The molecule has 124 valence electrons. The molecule has 4 rings (SSSR count). The Morgan fingerprint density at radius 1 is 1.13 bits per heavy atom. The average molecular weight is 312 g/mol. The van der Waals surface area contributed by atoms with Crippen molar-refractivity contribution in [3.8, 4) is 0 Å². The van der Waals surface area contributed by atoms with Crippen molar-refractivity contribution in [1.82, 2.24) is 0 Å². The van der Waals surface area contributed by atoms with Crippen LogP contribution < -0.4 is 0 Å². The zero-order valence-corrected chi connectivity index (χ0v) is 14.4. The lowest BCUT2D eigenvalue weighted by atomic mass is 9.47. The Hall–Kier alpha value is -1.18. The van der Waals surface area contributed by atoms with E-state index in [1.807, 2.05) is 12.2 Å². The molecule has 3 saturated carbocycles. The fourth-order valence-corrected chi connectivity index (χ4v) is 6.79. The number of ketones is 2. The van der Waals surface area contributed by atoms with Gasteiger partial charge in [-0.25, -0.2) is 0 Å². The molecule has 0 aromatic heterocycles.